The molecule has 0 aromatic carbocycles. The molecular formula is C10H14F3N3O2. The van der Waals surface area contributed by atoms with Gasteiger partial charge in [0.25, 0.3) is 0 Å². The maximum Gasteiger partial charge on any atom is 0.436 e. The highest BCUT2D eigenvalue weighted by Crippen LogP contribution is 2.29. The second-order valence-corrected chi connectivity index (χ2v) is 3.78. The number of halogens is 3. The van der Waals surface area contributed by atoms with E-state index in [4.69, 9.17) is 0 Å². The predicted molar refractivity (Wildman–Crippen MR) is 58.1 cm³/mol. The molecule has 0 saturated heterocycles. The summed E-state index contributed by atoms with van der Waals surface area (Å²) in [5.41, 5.74) is -1.17. The minimum Gasteiger partial charge on any atom is -0.338 e. The van der Waals surface area contributed by atoms with Gasteiger partial charge in [0, 0.05) is 19.7 Å². The smallest absolute Gasteiger partial charge is 0.338 e. The number of urea groups is 1. The van der Waals surface area contributed by atoms with Crippen LogP contribution < -0.4 is 5.32 Å². The van der Waals surface area contributed by atoms with E-state index >= 15 is 0 Å². The van der Waals surface area contributed by atoms with Crippen LogP contribution >= 0.6 is 0 Å². The molecule has 102 valence electrons. The number of carbonyl (C=O) groups is 1. The van der Waals surface area contributed by atoms with Gasteiger partial charge in [-0.1, -0.05) is 18.5 Å². The number of anilines is 1. The summed E-state index contributed by atoms with van der Waals surface area (Å²) in [5.74, 6) is -0.323. The number of nitrogens with zero attached hydrogens (tertiary/aromatic N) is 2. The van der Waals surface area contributed by atoms with E-state index in [1.165, 1.54) is 4.90 Å². The van der Waals surface area contributed by atoms with Crippen LogP contribution in [0.3, 0.4) is 0 Å². The van der Waals surface area contributed by atoms with Crippen molar-refractivity contribution in [3.05, 3.63) is 11.8 Å². The average molecular weight is 265 g/mol. The normalized spacial score (nSPS) is 11.4. The Morgan fingerprint density at radius 2 is 2.22 bits per heavy atom. The largest absolute Gasteiger partial charge is 0.436 e. The fourth-order valence-corrected chi connectivity index (χ4v) is 1.17. The molecule has 1 aromatic heterocycles. The van der Waals surface area contributed by atoms with Crippen molar-refractivity contribution in [2.24, 2.45) is 0 Å². The van der Waals surface area contributed by atoms with Gasteiger partial charge in [-0.3, -0.25) is 5.32 Å². The van der Waals surface area contributed by atoms with E-state index in [0.29, 0.717) is 12.6 Å². The van der Waals surface area contributed by atoms with Crippen LogP contribution in [0, 0.1) is 0 Å². The lowest BCUT2D eigenvalue weighted by atomic mass is 10.3. The summed E-state index contributed by atoms with van der Waals surface area (Å²) in [6.45, 7) is 2.49. The van der Waals surface area contributed by atoms with Gasteiger partial charge >= 0.3 is 12.2 Å². The van der Waals surface area contributed by atoms with Gasteiger partial charge in [0.05, 0.1) is 0 Å². The minimum absolute atomic E-state index is 0.323. The number of hydrogen-bond donors (Lipinski definition) is 1. The molecule has 0 aliphatic rings. The van der Waals surface area contributed by atoms with E-state index in [2.05, 4.69) is 15.0 Å². The third-order valence-electron chi connectivity index (χ3n) is 2.22. The lowest BCUT2D eigenvalue weighted by Gasteiger charge is -2.15. The van der Waals surface area contributed by atoms with Gasteiger partial charge < -0.3 is 9.42 Å². The molecule has 18 heavy (non-hydrogen) atoms. The van der Waals surface area contributed by atoms with Gasteiger partial charge in [0.2, 0.25) is 5.88 Å². The summed E-state index contributed by atoms with van der Waals surface area (Å²) in [7, 11) is 1.55. The van der Waals surface area contributed by atoms with Crippen LogP contribution in [0.1, 0.15) is 25.5 Å². The number of alkyl halides is 3. The van der Waals surface area contributed by atoms with E-state index in [9.17, 15) is 18.0 Å². The standard InChI is InChI=1S/C10H14F3N3O2/c1-3-4-5-16(2)9(17)14-8-6-7(15-18-8)10(11,12)13/h6H,3-5H2,1-2H3,(H,14,17). The summed E-state index contributed by atoms with van der Waals surface area (Å²) < 4.78 is 41.0. The van der Waals surface area contributed by atoms with Gasteiger partial charge in [-0.25, -0.2) is 4.79 Å². The van der Waals surface area contributed by atoms with Crippen molar-refractivity contribution in [3.63, 3.8) is 0 Å². The number of nitrogens with one attached hydrogen (secondary N) is 1. The van der Waals surface area contributed by atoms with Crippen molar-refractivity contribution < 1.29 is 22.5 Å². The van der Waals surface area contributed by atoms with Crippen molar-refractivity contribution in [1.82, 2.24) is 10.1 Å². The van der Waals surface area contributed by atoms with Gasteiger partial charge in [-0.05, 0) is 6.42 Å². The van der Waals surface area contributed by atoms with Crippen LogP contribution in [-0.2, 0) is 6.18 Å². The Morgan fingerprint density at radius 3 is 2.72 bits per heavy atom. The molecule has 2 amide bonds. The Hall–Kier alpha value is -1.73. The molecule has 5 nitrogen and oxygen atoms in total. The predicted octanol–water partition coefficient (Wildman–Crippen LogP) is 2.96. The van der Waals surface area contributed by atoms with Crippen LogP contribution in [0.4, 0.5) is 23.8 Å². The number of amides is 2. The Balaban J connectivity index is 2.57. The molecule has 1 heterocycles. The Bertz CT molecular complexity index is 403. The molecule has 8 heteroatoms. The SMILES string of the molecule is CCCCN(C)C(=O)Nc1cc(C(F)(F)F)no1. The first-order valence-corrected chi connectivity index (χ1v) is 5.40. The molecule has 0 fully saturated rings. The molecule has 0 bridgehead atoms. The van der Waals surface area contributed by atoms with E-state index in [-0.39, 0.29) is 5.88 Å². The number of aromatic nitrogens is 1. The van der Waals surface area contributed by atoms with Crippen LogP contribution in [0.25, 0.3) is 0 Å². The third-order valence-corrected chi connectivity index (χ3v) is 2.22. The fraction of sp³-hybridized carbons (Fsp3) is 0.600. The maximum atomic E-state index is 12.2. The maximum absolute atomic E-state index is 12.2. The first-order valence-electron chi connectivity index (χ1n) is 5.40. The first kappa shape index (κ1) is 14.3. The Morgan fingerprint density at radius 1 is 1.56 bits per heavy atom. The first-order chi connectivity index (χ1) is 8.34. The van der Waals surface area contributed by atoms with Gasteiger partial charge in [-0.15, -0.1) is 0 Å². The molecule has 0 spiro atoms. The second-order valence-electron chi connectivity index (χ2n) is 3.78. The third kappa shape index (κ3) is 3.94. The lowest BCUT2D eigenvalue weighted by Crippen LogP contribution is -2.31. The highest BCUT2D eigenvalue weighted by atomic mass is 19.4. The molecule has 0 radical (unpaired) electrons. The molecule has 1 aromatic rings. The molecule has 1 N–H and O–H groups in total. The van der Waals surface area contributed by atoms with Crippen LogP contribution in [0.15, 0.2) is 10.6 Å². The van der Waals surface area contributed by atoms with E-state index < -0.39 is 17.9 Å². The zero-order valence-electron chi connectivity index (χ0n) is 10.0. The average Bonchev–Trinajstić information content (AvgIpc) is 2.73. The van der Waals surface area contributed by atoms with E-state index in [0.717, 1.165) is 12.8 Å². The lowest BCUT2D eigenvalue weighted by molar-refractivity contribution is -0.142. The van der Waals surface area contributed by atoms with Crippen molar-refractivity contribution in [1.29, 1.82) is 0 Å². The summed E-state index contributed by atoms with van der Waals surface area (Å²) >= 11 is 0. The molecule has 0 aliphatic heterocycles. The Kier molecular flexibility index (Phi) is 4.57. The fourth-order valence-electron chi connectivity index (χ4n) is 1.17. The summed E-state index contributed by atoms with van der Waals surface area (Å²) in [6.07, 6.45) is -2.85. The Labute approximate surface area is 102 Å². The molecule has 0 unspecified atom stereocenters. The van der Waals surface area contributed by atoms with Crippen LogP contribution in [-0.4, -0.2) is 29.7 Å². The zero-order valence-corrected chi connectivity index (χ0v) is 10.0. The summed E-state index contributed by atoms with van der Waals surface area (Å²) in [5, 5.41) is 5.03. The van der Waals surface area contributed by atoms with Gasteiger partial charge in [0.1, 0.15) is 0 Å². The van der Waals surface area contributed by atoms with Crippen LogP contribution in [0.2, 0.25) is 0 Å². The van der Waals surface area contributed by atoms with Crippen molar-refractivity contribution in [2.45, 2.75) is 25.9 Å². The molecule has 0 saturated carbocycles. The van der Waals surface area contributed by atoms with E-state index in [1.807, 2.05) is 6.92 Å². The molecule has 0 atom stereocenters. The van der Waals surface area contributed by atoms with E-state index in [1.54, 1.807) is 7.05 Å². The highest BCUT2D eigenvalue weighted by molar-refractivity contribution is 5.87. The topological polar surface area (TPSA) is 58.4 Å². The number of unbranched alkanes of at least 4 members (excludes halogenated alkanes) is 1. The van der Waals surface area contributed by atoms with Crippen LogP contribution in [0.5, 0.6) is 0 Å². The quantitative estimate of drug-likeness (QED) is 0.910. The van der Waals surface area contributed by atoms with Crippen molar-refractivity contribution >= 4 is 11.9 Å². The van der Waals surface area contributed by atoms with Gasteiger partial charge in [0.15, 0.2) is 5.69 Å². The molecule has 1 rings (SSSR count). The zero-order chi connectivity index (χ0) is 13.8. The monoisotopic (exact) mass is 265 g/mol. The number of carbonyl (C=O) groups excluding carboxylic acids is 1. The van der Waals surface area contributed by atoms with Crippen molar-refractivity contribution in [2.75, 3.05) is 18.9 Å². The second kappa shape index (κ2) is 5.74. The highest BCUT2D eigenvalue weighted by Gasteiger charge is 2.35. The summed E-state index contributed by atoms with van der Waals surface area (Å²) in [6, 6.07) is 0.110. The molecular weight excluding hydrogens is 251 g/mol. The van der Waals surface area contributed by atoms with Gasteiger partial charge in [-0.2, -0.15) is 13.2 Å². The minimum atomic E-state index is -4.58. The number of rotatable bonds is 4. The van der Waals surface area contributed by atoms with Crippen molar-refractivity contribution in [3.8, 4) is 0 Å². The molecule has 0 aliphatic carbocycles. The summed E-state index contributed by atoms with van der Waals surface area (Å²) in [4.78, 5) is 12.9. The number of hydrogen-bond acceptors (Lipinski definition) is 3.